The molecule has 20 heavy (non-hydrogen) atoms. The number of hydrogen-bond acceptors (Lipinski definition) is 3. The zero-order valence-electron chi connectivity index (χ0n) is 10.4. The molecule has 0 spiro atoms. The van der Waals surface area contributed by atoms with Crippen LogP contribution in [0.3, 0.4) is 0 Å². The number of ether oxygens (including phenoxy) is 1. The Morgan fingerprint density at radius 3 is 2.50 bits per heavy atom. The van der Waals surface area contributed by atoms with Gasteiger partial charge in [-0.15, -0.1) is 0 Å². The minimum Gasteiger partial charge on any atom is -0.387 e. The highest BCUT2D eigenvalue weighted by molar-refractivity contribution is 5.20. The van der Waals surface area contributed by atoms with E-state index in [1.165, 1.54) is 6.07 Å². The zero-order valence-corrected chi connectivity index (χ0v) is 10.4. The summed E-state index contributed by atoms with van der Waals surface area (Å²) in [5.41, 5.74) is 0.174. The van der Waals surface area contributed by atoms with E-state index in [9.17, 15) is 27.1 Å². The second-order valence-electron chi connectivity index (χ2n) is 4.06. The SMILES string of the molecule is OC(CNCCOCC(F)(F)F)c1ccc(F)c(F)c1. The number of aliphatic hydroxyl groups is 1. The van der Waals surface area contributed by atoms with E-state index in [4.69, 9.17) is 0 Å². The lowest BCUT2D eigenvalue weighted by Crippen LogP contribution is -2.27. The Balaban J connectivity index is 2.23. The molecule has 0 aliphatic rings. The first-order valence-corrected chi connectivity index (χ1v) is 5.78. The lowest BCUT2D eigenvalue weighted by atomic mass is 10.1. The second kappa shape index (κ2) is 7.51. The molecule has 0 fully saturated rings. The number of aliphatic hydroxyl groups excluding tert-OH is 1. The van der Waals surface area contributed by atoms with Crippen LogP contribution in [-0.2, 0) is 4.74 Å². The van der Waals surface area contributed by atoms with Gasteiger partial charge in [0.15, 0.2) is 11.6 Å². The van der Waals surface area contributed by atoms with Crippen molar-refractivity contribution >= 4 is 0 Å². The molecule has 0 heterocycles. The van der Waals surface area contributed by atoms with Crippen LogP contribution in [0.2, 0.25) is 0 Å². The van der Waals surface area contributed by atoms with Crippen LogP contribution < -0.4 is 5.32 Å². The molecule has 0 aliphatic carbocycles. The van der Waals surface area contributed by atoms with Gasteiger partial charge in [-0.3, -0.25) is 0 Å². The second-order valence-corrected chi connectivity index (χ2v) is 4.06. The Kier molecular flexibility index (Phi) is 6.31. The predicted octanol–water partition coefficient (Wildman–Crippen LogP) is 2.17. The van der Waals surface area contributed by atoms with Gasteiger partial charge in [-0.1, -0.05) is 6.07 Å². The monoisotopic (exact) mass is 299 g/mol. The van der Waals surface area contributed by atoms with E-state index in [0.717, 1.165) is 12.1 Å². The van der Waals surface area contributed by atoms with Gasteiger partial charge in [-0.05, 0) is 17.7 Å². The molecule has 1 aromatic rings. The third kappa shape index (κ3) is 6.27. The highest BCUT2D eigenvalue weighted by Crippen LogP contribution is 2.16. The van der Waals surface area contributed by atoms with Crippen LogP contribution in [0, 0.1) is 11.6 Å². The van der Waals surface area contributed by atoms with Crippen molar-refractivity contribution in [2.24, 2.45) is 0 Å². The van der Waals surface area contributed by atoms with Crippen molar-refractivity contribution < 1.29 is 31.8 Å². The molecule has 1 rings (SSSR count). The lowest BCUT2D eigenvalue weighted by molar-refractivity contribution is -0.173. The summed E-state index contributed by atoms with van der Waals surface area (Å²) in [5.74, 6) is -2.09. The molecule has 0 radical (unpaired) electrons. The van der Waals surface area contributed by atoms with Gasteiger partial charge in [0, 0.05) is 13.1 Å². The summed E-state index contributed by atoms with van der Waals surface area (Å²) in [4.78, 5) is 0. The van der Waals surface area contributed by atoms with Crippen molar-refractivity contribution in [1.29, 1.82) is 0 Å². The quantitative estimate of drug-likeness (QED) is 0.599. The standard InChI is InChI=1S/C12H14F5NO2/c13-9-2-1-8(5-10(9)14)11(19)6-18-3-4-20-7-12(15,16)17/h1-2,5,11,18-19H,3-4,6-7H2. The summed E-state index contributed by atoms with van der Waals surface area (Å²) in [5, 5.41) is 12.3. The minimum absolute atomic E-state index is 0.0134. The number of alkyl halides is 3. The summed E-state index contributed by atoms with van der Waals surface area (Å²) in [6.45, 7) is -1.43. The molecular formula is C12H14F5NO2. The molecule has 2 N–H and O–H groups in total. The summed E-state index contributed by atoms with van der Waals surface area (Å²) in [6, 6.07) is 2.98. The number of hydrogen-bond donors (Lipinski definition) is 2. The van der Waals surface area contributed by atoms with Crippen LogP contribution in [0.25, 0.3) is 0 Å². The van der Waals surface area contributed by atoms with E-state index in [0.29, 0.717) is 0 Å². The van der Waals surface area contributed by atoms with Gasteiger partial charge in [0.1, 0.15) is 6.61 Å². The Hall–Kier alpha value is -1.25. The van der Waals surface area contributed by atoms with Gasteiger partial charge in [0.05, 0.1) is 12.7 Å². The molecule has 114 valence electrons. The average Bonchev–Trinajstić information content (AvgIpc) is 2.35. The lowest BCUT2D eigenvalue weighted by Gasteiger charge is -2.13. The molecule has 0 saturated heterocycles. The molecule has 3 nitrogen and oxygen atoms in total. The van der Waals surface area contributed by atoms with Crippen LogP contribution >= 0.6 is 0 Å². The molecule has 0 amide bonds. The van der Waals surface area contributed by atoms with Gasteiger partial charge in [0.2, 0.25) is 0 Å². The normalized spacial score (nSPS) is 13.5. The van der Waals surface area contributed by atoms with Crippen molar-refractivity contribution in [1.82, 2.24) is 5.32 Å². The fourth-order valence-electron chi connectivity index (χ4n) is 1.41. The predicted molar refractivity (Wildman–Crippen MR) is 61.1 cm³/mol. The van der Waals surface area contributed by atoms with Crippen LogP contribution in [0.4, 0.5) is 22.0 Å². The third-order valence-corrected chi connectivity index (χ3v) is 2.36. The molecule has 0 aromatic heterocycles. The molecule has 0 bridgehead atoms. The number of rotatable bonds is 7. The third-order valence-electron chi connectivity index (χ3n) is 2.36. The Bertz CT molecular complexity index is 425. The molecule has 0 saturated carbocycles. The van der Waals surface area contributed by atoms with Gasteiger partial charge in [-0.2, -0.15) is 13.2 Å². The van der Waals surface area contributed by atoms with Crippen molar-refractivity contribution in [3.8, 4) is 0 Å². The van der Waals surface area contributed by atoms with Crippen LogP contribution in [0.15, 0.2) is 18.2 Å². The van der Waals surface area contributed by atoms with E-state index < -0.39 is 30.5 Å². The molecule has 1 unspecified atom stereocenters. The van der Waals surface area contributed by atoms with Crippen molar-refractivity contribution in [3.05, 3.63) is 35.4 Å². The van der Waals surface area contributed by atoms with Crippen molar-refractivity contribution in [3.63, 3.8) is 0 Å². The fourth-order valence-corrected chi connectivity index (χ4v) is 1.41. The van der Waals surface area contributed by atoms with E-state index >= 15 is 0 Å². The van der Waals surface area contributed by atoms with E-state index in [1.807, 2.05) is 0 Å². The number of nitrogens with one attached hydrogen (secondary N) is 1. The number of benzene rings is 1. The maximum atomic E-state index is 12.9. The van der Waals surface area contributed by atoms with Crippen molar-refractivity contribution in [2.45, 2.75) is 12.3 Å². The maximum Gasteiger partial charge on any atom is 0.411 e. The first kappa shape index (κ1) is 16.8. The maximum absolute atomic E-state index is 12.9. The largest absolute Gasteiger partial charge is 0.411 e. The van der Waals surface area contributed by atoms with E-state index in [2.05, 4.69) is 10.1 Å². The average molecular weight is 299 g/mol. The minimum atomic E-state index is -4.37. The van der Waals surface area contributed by atoms with Gasteiger partial charge in [-0.25, -0.2) is 8.78 Å². The van der Waals surface area contributed by atoms with Gasteiger partial charge >= 0.3 is 6.18 Å². The van der Waals surface area contributed by atoms with Crippen LogP contribution in [0.5, 0.6) is 0 Å². The highest BCUT2D eigenvalue weighted by Gasteiger charge is 2.27. The van der Waals surface area contributed by atoms with Crippen LogP contribution in [0.1, 0.15) is 11.7 Å². The molecule has 8 heteroatoms. The topological polar surface area (TPSA) is 41.5 Å². The first-order valence-electron chi connectivity index (χ1n) is 5.78. The molecule has 0 aliphatic heterocycles. The van der Waals surface area contributed by atoms with Crippen molar-refractivity contribution in [2.75, 3.05) is 26.3 Å². The molecule has 1 aromatic carbocycles. The Morgan fingerprint density at radius 1 is 1.20 bits per heavy atom. The highest BCUT2D eigenvalue weighted by atomic mass is 19.4. The molecule has 1 atom stereocenters. The number of halogens is 5. The Morgan fingerprint density at radius 2 is 1.90 bits per heavy atom. The van der Waals surface area contributed by atoms with Crippen LogP contribution in [-0.4, -0.2) is 37.6 Å². The van der Waals surface area contributed by atoms with E-state index in [1.54, 1.807) is 0 Å². The summed E-state index contributed by atoms with van der Waals surface area (Å²) >= 11 is 0. The summed E-state index contributed by atoms with van der Waals surface area (Å²) in [7, 11) is 0. The smallest absolute Gasteiger partial charge is 0.387 e. The van der Waals surface area contributed by atoms with E-state index in [-0.39, 0.29) is 25.3 Å². The summed E-state index contributed by atoms with van der Waals surface area (Å²) < 4.78 is 65.1. The zero-order chi connectivity index (χ0) is 15.2. The van der Waals surface area contributed by atoms with Gasteiger partial charge in [0.25, 0.3) is 0 Å². The molecular weight excluding hydrogens is 285 g/mol. The fraction of sp³-hybridized carbons (Fsp3) is 0.500. The Labute approximate surface area is 112 Å². The van der Waals surface area contributed by atoms with Gasteiger partial charge < -0.3 is 15.2 Å². The first-order chi connectivity index (χ1) is 9.29. The summed E-state index contributed by atoms with van der Waals surface area (Å²) in [6.07, 6.45) is -5.46.